The summed E-state index contributed by atoms with van der Waals surface area (Å²) < 4.78 is 0. The first kappa shape index (κ1) is 12.4. The second-order valence-corrected chi connectivity index (χ2v) is 5.35. The van der Waals surface area contributed by atoms with Gasteiger partial charge in [0.2, 0.25) is 0 Å². The van der Waals surface area contributed by atoms with Crippen LogP contribution in [0.15, 0.2) is 42.5 Å². The number of hydrogen-bond donors (Lipinski definition) is 1. The molecular weight excluding hydrogens is 256 g/mol. The zero-order valence-electron chi connectivity index (χ0n) is 11.0. The first-order chi connectivity index (χ1) is 9.25. The molecule has 2 aromatic carbocycles. The largest absolute Gasteiger partial charge is 0.383 e. The van der Waals surface area contributed by atoms with Crippen molar-refractivity contribution in [3.05, 3.63) is 47.5 Å². The average Bonchev–Trinajstić information content (AvgIpc) is 2.62. The van der Waals surface area contributed by atoms with Gasteiger partial charge in [-0.2, -0.15) is 0 Å². The molecule has 2 nitrogen and oxygen atoms in total. The fraction of sp³-hybridized carbons (Fsp3) is 0.250. The van der Waals surface area contributed by atoms with Crippen molar-refractivity contribution < 1.29 is 0 Å². The number of hydrogen-bond acceptors (Lipinski definition) is 2. The maximum Gasteiger partial charge on any atom is 0.0658 e. The highest BCUT2D eigenvalue weighted by molar-refractivity contribution is 6.31. The van der Waals surface area contributed by atoms with Crippen molar-refractivity contribution in [2.75, 3.05) is 30.4 Å². The maximum atomic E-state index is 6.30. The molecule has 0 fully saturated rings. The molecule has 3 heteroatoms. The van der Waals surface area contributed by atoms with Gasteiger partial charge in [0, 0.05) is 30.7 Å². The van der Waals surface area contributed by atoms with E-state index in [4.69, 9.17) is 11.6 Å². The predicted octanol–water partition coefficient (Wildman–Crippen LogP) is 4.26. The quantitative estimate of drug-likeness (QED) is 0.834. The lowest BCUT2D eigenvalue weighted by molar-refractivity contribution is 0.837. The summed E-state index contributed by atoms with van der Waals surface area (Å²) in [6.45, 7) is 2.05. The molecule has 1 N–H and O–H groups in total. The van der Waals surface area contributed by atoms with Crippen LogP contribution in [0.5, 0.6) is 0 Å². The minimum absolute atomic E-state index is 0.785. The summed E-state index contributed by atoms with van der Waals surface area (Å²) in [5.41, 5.74) is 4.75. The van der Waals surface area contributed by atoms with Crippen LogP contribution < -0.4 is 10.2 Å². The van der Waals surface area contributed by atoms with Crippen LogP contribution in [0, 0.1) is 0 Å². The molecule has 3 rings (SSSR count). The molecule has 0 saturated heterocycles. The third-order valence-electron chi connectivity index (χ3n) is 3.55. The highest BCUT2D eigenvalue weighted by atomic mass is 35.5. The van der Waals surface area contributed by atoms with Crippen LogP contribution in [0.25, 0.3) is 11.1 Å². The molecule has 19 heavy (non-hydrogen) atoms. The third-order valence-corrected chi connectivity index (χ3v) is 3.77. The van der Waals surface area contributed by atoms with Gasteiger partial charge in [-0.25, -0.2) is 0 Å². The summed E-state index contributed by atoms with van der Waals surface area (Å²) in [5.74, 6) is 0. The molecule has 0 atom stereocenters. The molecule has 2 aromatic rings. The Morgan fingerprint density at radius 3 is 2.74 bits per heavy atom. The van der Waals surface area contributed by atoms with E-state index in [0.717, 1.165) is 24.5 Å². The Bertz CT molecular complexity index is 581. The lowest BCUT2D eigenvalue weighted by Gasteiger charge is -2.21. The van der Waals surface area contributed by atoms with E-state index in [-0.39, 0.29) is 0 Å². The lowest BCUT2D eigenvalue weighted by Crippen LogP contribution is -2.17. The first-order valence-corrected chi connectivity index (χ1v) is 6.97. The second-order valence-electron chi connectivity index (χ2n) is 4.92. The summed E-state index contributed by atoms with van der Waals surface area (Å²) in [7, 11) is 2.12. The molecule has 0 radical (unpaired) electrons. The number of halogens is 1. The second kappa shape index (κ2) is 5.14. The van der Waals surface area contributed by atoms with Gasteiger partial charge >= 0.3 is 0 Å². The smallest absolute Gasteiger partial charge is 0.0658 e. The van der Waals surface area contributed by atoms with Gasteiger partial charge in [-0.3, -0.25) is 0 Å². The Hall–Kier alpha value is -1.67. The van der Waals surface area contributed by atoms with Crippen LogP contribution in [0.3, 0.4) is 0 Å². The molecule has 0 aromatic heterocycles. The zero-order chi connectivity index (χ0) is 13.2. The normalized spacial score (nSPS) is 14.5. The van der Waals surface area contributed by atoms with E-state index < -0.39 is 0 Å². The van der Waals surface area contributed by atoms with Gasteiger partial charge in [0.05, 0.1) is 11.4 Å². The molecule has 1 heterocycles. The zero-order valence-corrected chi connectivity index (χ0v) is 11.7. The van der Waals surface area contributed by atoms with E-state index in [2.05, 4.69) is 41.5 Å². The van der Waals surface area contributed by atoms with Gasteiger partial charge in [-0.1, -0.05) is 41.9 Å². The molecule has 1 aliphatic rings. The Labute approximate surface area is 119 Å². The molecule has 0 bridgehead atoms. The van der Waals surface area contributed by atoms with Crippen LogP contribution in [0.4, 0.5) is 11.4 Å². The van der Waals surface area contributed by atoms with Crippen LogP contribution in [0.2, 0.25) is 5.02 Å². The Morgan fingerprint density at radius 1 is 1.16 bits per heavy atom. The summed E-state index contributed by atoms with van der Waals surface area (Å²) in [5, 5.41) is 4.33. The van der Waals surface area contributed by atoms with Crippen LogP contribution in [0.1, 0.15) is 6.42 Å². The summed E-state index contributed by atoms with van der Waals surface area (Å²) in [6, 6.07) is 14.5. The van der Waals surface area contributed by atoms with Crippen LogP contribution in [-0.2, 0) is 0 Å². The van der Waals surface area contributed by atoms with E-state index in [9.17, 15) is 0 Å². The number of nitrogens with zero attached hydrogens (tertiary/aromatic N) is 1. The molecule has 0 amide bonds. The first-order valence-electron chi connectivity index (χ1n) is 6.59. The molecule has 1 aliphatic heterocycles. The summed E-state index contributed by atoms with van der Waals surface area (Å²) in [6.07, 6.45) is 1.14. The van der Waals surface area contributed by atoms with Crippen molar-refractivity contribution in [2.45, 2.75) is 6.42 Å². The van der Waals surface area contributed by atoms with Crippen molar-refractivity contribution >= 4 is 23.0 Å². The van der Waals surface area contributed by atoms with Gasteiger partial charge in [0.1, 0.15) is 0 Å². The van der Waals surface area contributed by atoms with E-state index >= 15 is 0 Å². The number of rotatable bonds is 1. The van der Waals surface area contributed by atoms with Crippen molar-refractivity contribution in [3.63, 3.8) is 0 Å². The Kier molecular flexibility index (Phi) is 3.34. The maximum absolute atomic E-state index is 6.30. The van der Waals surface area contributed by atoms with Gasteiger partial charge < -0.3 is 10.2 Å². The molecule has 98 valence electrons. The number of nitrogens with one attached hydrogen (secondary N) is 1. The van der Waals surface area contributed by atoms with Crippen LogP contribution >= 0.6 is 11.6 Å². The molecule has 0 unspecified atom stereocenters. The lowest BCUT2D eigenvalue weighted by atomic mass is 10.0. The van der Waals surface area contributed by atoms with E-state index in [1.807, 2.05) is 18.2 Å². The fourth-order valence-corrected chi connectivity index (χ4v) is 2.79. The molecular formula is C16H17ClN2. The monoisotopic (exact) mass is 272 g/mol. The summed E-state index contributed by atoms with van der Waals surface area (Å²) in [4.78, 5) is 2.27. The van der Waals surface area contributed by atoms with Crippen molar-refractivity contribution in [3.8, 4) is 11.1 Å². The van der Waals surface area contributed by atoms with E-state index in [1.165, 1.54) is 22.5 Å². The highest BCUT2D eigenvalue weighted by Gasteiger charge is 2.17. The van der Waals surface area contributed by atoms with Gasteiger partial charge in [0.25, 0.3) is 0 Å². The van der Waals surface area contributed by atoms with Crippen molar-refractivity contribution in [1.82, 2.24) is 0 Å². The number of benzene rings is 2. The van der Waals surface area contributed by atoms with Crippen molar-refractivity contribution in [1.29, 1.82) is 0 Å². The van der Waals surface area contributed by atoms with Crippen molar-refractivity contribution in [2.24, 2.45) is 0 Å². The Morgan fingerprint density at radius 2 is 1.95 bits per heavy atom. The minimum Gasteiger partial charge on any atom is -0.383 e. The van der Waals surface area contributed by atoms with E-state index in [0.29, 0.717) is 0 Å². The summed E-state index contributed by atoms with van der Waals surface area (Å²) >= 11 is 6.30. The van der Waals surface area contributed by atoms with E-state index in [1.54, 1.807) is 0 Å². The SMILES string of the molecule is CN1CCCNc2c(-c3ccccc3)cc(Cl)cc21. The topological polar surface area (TPSA) is 15.3 Å². The van der Waals surface area contributed by atoms with Crippen LogP contribution in [-0.4, -0.2) is 20.1 Å². The Balaban J connectivity index is 2.20. The minimum atomic E-state index is 0.785. The standard InChI is InChI=1S/C16H17ClN2/c1-19-9-5-8-18-16-14(10-13(17)11-15(16)19)12-6-3-2-4-7-12/h2-4,6-7,10-11,18H,5,8-9H2,1H3. The molecule has 0 saturated carbocycles. The van der Waals surface area contributed by atoms with Gasteiger partial charge in [0.15, 0.2) is 0 Å². The number of anilines is 2. The van der Waals surface area contributed by atoms with Gasteiger partial charge in [-0.05, 0) is 24.1 Å². The highest BCUT2D eigenvalue weighted by Crippen LogP contribution is 2.39. The van der Waals surface area contributed by atoms with Gasteiger partial charge in [-0.15, -0.1) is 0 Å². The third kappa shape index (κ3) is 2.41. The predicted molar refractivity (Wildman–Crippen MR) is 83.3 cm³/mol. The molecule has 0 spiro atoms. The average molecular weight is 273 g/mol. The molecule has 0 aliphatic carbocycles. The number of fused-ring (bicyclic) bond motifs is 1. The fourth-order valence-electron chi connectivity index (χ4n) is 2.57.